The number of pyridine rings is 1. The lowest BCUT2D eigenvalue weighted by molar-refractivity contribution is -0.134. The fourth-order valence-electron chi connectivity index (χ4n) is 2.58. The van der Waals surface area contributed by atoms with Crippen molar-refractivity contribution in [2.75, 3.05) is 51.3 Å². The summed E-state index contributed by atoms with van der Waals surface area (Å²) in [5.41, 5.74) is 9.18. The van der Waals surface area contributed by atoms with E-state index in [-0.39, 0.29) is 5.91 Å². The number of hydrogen-bond donors (Lipinski definition) is 3. The molecule has 150 valence electrons. The predicted octanol–water partition coefficient (Wildman–Crippen LogP) is 0.749. The highest BCUT2D eigenvalue weighted by Gasteiger charge is 2.09. The number of hydroxylamine groups is 1. The summed E-state index contributed by atoms with van der Waals surface area (Å²) in [7, 11) is 0. The lowest BCUT2D eigenvalue weighted by atomic mass is 10.2. The molecule has 4 N–H and O–H groups in total. The van der Waals surface area contributed by atoms with Crippen LogP contribution < -0.4 is 16.5 Å². The number of aliphatic imine (C=N–C) groups is 1. The molecule has 0 aliphatic carbocycles. The maximum Gasteiger partial charge on any atom is 0.243 e. The molecule has 0 unspecified atom stereocenters. The van der Waals surface area contributed by atoms with Crippen LogP contribution in [0.1, 0.15) is 25.7 Å². The molecule has 1 saturated heterocycles. The van der Waals surface area contributed by atoms with E-state index in [4.69, 9.17) is 15.3 Å². The van der Waals surface area contributed by atoms with E-state index >= 15 is 0 Å². The number of guanidine groups is 1. The number of carbonyl (C=O) groups excluding carboxylic acids is 1. The average Bonchev–Trinajstić information content (AvgIpc) is 2.69. The largest absolute Gasteiger partial charge is 0.379 e. The molecule has 1 aliphatic rings. The van der Waals surface area contributed by atoms with E-state index in [0.717, 1.165) is 57.8 Å². The van der Waals surface area contributed by atoms with Gasteiger partial charge in [-0.25, -0.2) is 5.48 Å². The number of unbranched alkanes of at least 4 members (excludes halogenated alkanes) is 2. The Morgan fingerprint density at radius 1 is 1.26 bits per heavy atom. The molecule has 2 rings (SSSR count). The number of ether oxygens (including phenoxy) is 1. The van der Waals surface area contributed by atoms with Gasteiger partial charge in [0.05, 0.1) is 19.8 Å². The normalized spacial score (nSPS) is 15.5. The molecule has 9 heteroatoms. The van der Waals surface area contributed by atoms with Crippen LogP contribution in [0.3, 0.4) is 0 Å². The Labute approximate surface area is 160 Å². The van der Waals surface area contributed by atoms with Gasteiger partial charge in [-0.2, -0.15) is 0 Å². The second kappa shape index (κ2) is 13.0. The van der Waals surface area contributed by atoms with Crippen LogP contribution in [0.5, 0.6) is 0 Å². The van der Waals surface area contributed by atoms with Gasteiger partial charge in [0.2, 0.25) is 5.91 Å². The highest BCUT2D eigenvalue weighted by molar-refractivity contribution is 5.92. The number of aromatic nitrogens is 1. The minimum atomic E-state index is -0.0839. The number of hydrogen-bond acceptors (Lipinski definition) is 6. The summed E-state index contributed by atoms with van der Waals surface area (Å²) in [4.78, 5) is 27.4. The molecule has 0 aromatic carbocycles. The third kappa shape index (κ3) is 9.88. The Kier molecular flexibility index (Phi) is 10.2. The van der Waals surface area contributed by atoms with Crippen LogP contribution in [0.4, 0.5) is 5.69 Å². The lowest BCUT2D eigenvalue weighted by Gasteiger charge is -2.26. The van der Waals surface area contributed by atoms with Crippen molar-refractivity contribution in [3.05, 3.63) is 24.5 Å². The lowest BCUT2D eigenvalue weighted by Crippen LogP contribution is -2.39. The average molecular weight is 378 g/mol. The summed E-state index contributed by atoms with van der Waals surface area (Å²) in [6, 6.07) is 3.65. The van der Waals surface area contributed by atoms with E-state index in [1.54, 1.807) is 12.4 Å². The molecule has 0 bridgehead atoms. The second-order valence-corrected chi connectivity index (χ2v) is 6.27. The van der Waals surface area contributed by atoms with Crippen molar-refractivity contribution in [3.63, 3.8) is 0 Å². The van der Waals surface area contributed by atoms with Crippen molar-refractivity contribution < 1.29 is 14.4 Å². The van der Waals surface area contributed by atoms with E-state index in [2.05, 4.69) is 25.7 Å². The maximum atomic E-state index is 11.7. The van der Waals surface area contributed by atoms with E-state index in [1.165, 1.54) is 0 Å². The number of amides is 1. The molecule has 1 aromatic heterocycles. The van der Waals surface area contributed by atoms with E-state index in [1.807, 2.05) is 12.1 Å². The Balaban J connectivity index is 1.42. The topological polar surface area (TPSA) is 114 Å². The molecule has 0 saturated carbocycles. The molecular formula is C18H30N6O3. The minimum absolute atomic E-state index is 0.0839. The Morgan fingerprint density at radius 2 is 2.04 bits per heavy atom. The Hall–Kier alpha value is -2.23. The predicted molar refractivity (Wildman–Crippen MR) is 104 cm³/mol. The molecule has 1 fully saturated rings. The smallest absolute Gasteiger partial charge is 0.243 e. The van der Waals surface area contributed by atoms with Crippen LogP contribution in [-0.2, 0) is 14.4 Å². The molecule has 0 spiro atoms. The van der Waals surface area contributed by atoms with Crippen LogP contribution in [0.2, 0.25) is 0 Å². The van der Waals surface area contributed by atoms with Crippen LogP contribution in [-0.4, -0.2) is 67.8 Å². The maximum absolute atomic E-state index is 11.7. The first-order chi connectivity index (χ1) is 13.2. The van der Waals surface area contributed by atoms with Crippen molar-refractivity contribution in [1.29, 1.82) is 0 Å². The Morgan fingerprint density at radius 3 is 2.81 bits per heavy atom. The van der Waals surface area contributed by atoms with Crippen molar-refractivity contribution >= 4 is 17.6 Å². The van der Waals surface area contributed by atoms with E-state index in [0.29, 0.717) is 25.5 Å². The SMILES string of the molecule is NC(=NCCCCCC(=O)NOCCN1CCOCC1)Nc1ccncc1. The first kappa shape index (κ1) is 21.1. The van der Waals surface area contributed by atoms with Crippen LogP contribution >= 0.6 is 0 Å². The number of rotatable bonds is 11. The summed E-state index contributed by atoms with van der Waals surface area (Å²) in [5, 5.41) is 3.00. The summed E-state index contributed by atoms with van der Waals surface area (Å²) in [6.07, 6.45) is 6.41. The minimum Gasteiger partial charge on any atom is -0.379 e. The molecule has 1 aromatic rings. The number of nitrogens with one attached hydrogen (secondary N) is 2. The molecule has 2 heterocycles. The quantitative estimate of drug-likeness (QED) is 0.225. The van der Waals surface area contributed by atoms with Gasteiger partial charge in [0, 0.05) is 50.7 Å². The summed E-state index contributed by atoms with van der Waals surface area (Å²) < 4.78 is 5.28. The fourth-order valence-corrected chi connectivity index (χ4v) is 2.58. The van der Waals surface area contributed by atoms with E-state index in [9.17, 15) is 4.79 Å². The number of anilines is 1. The zero-order valence-electron chi connectivity index (χ0n) is 15.7. The number of nitrogens with zero attached hydrogens (tertiary/aromatic N) is 3. The van der Waals surface area contributed by atoms with Crippen LogP contribution in [0, 0.1) is 0 Å². The highest BCUT2D eigenvalue weighted by Crippen LogP contribution is 2.03. The van der Waals surface area contributed by atoms with Crippen LogP contribution in [0.25, 0.3) is 0 Å². The molecule has 1 aliphatic heterocycles. The van der Waals surface area contributed by atoms with Gasteiger partial charge in [-0.15, -0.1) is 0 Å². The molecule has 1 amide bonds. The second-order valence-electron chi connectivity index (χ2n) is 6.27. The fraction of sp³-hybridized carbons (Fsp3) is 0.611. The molecule has 27 heavy (non-hydrogen) atoms. The van der Waals surface area contributed by atoms with Crippen molar-refractivity contribution in [1.82, 2.24) is 15.4 Å². The van der Waals surface area contributed by atoms with Crippen LogP contribution in [0.15, 0.2) is 29.5 Å². The number of carbonyl (C=O) groups is 1. The molecule has 9 nitrogen and oxygen atoms in total. The molecule has 0 atom stereocenters. The highest BCUT2D eigenvalue weighted by atomic mass is 16.7. The van der Waals surface area contributed by atoms with Gasteiger partial charge in [0.15, 0.2) is 5.96 Å². The number of morpholine rings is 1. The monoisotopic (exact) mass is 378 g/mol. The molecular weight excluding hydrogens is 348 g/mol. The van der Waals surface area contributed by atoms with Crippen molar-refractivity contribution in [2.45, 2.75) is 25.7 Å². The van der Waals surface area contributed by atoms with Gasteiger partial charge in [-0.05, 0) is 25.0 Å². The zero-order chi connectivity index (χ0) is 19.2. The first-order valence-electron chi connectivity index (χ1n) is 9.42. The molecule has 0 radical (unpaired) electrons. The Bertz CT molecular complexity index is 563. The van der Waals surface area contributed by atoms with E-state index < -0.39 is 0 Å². The van der Waals surface area contributed by atoms with Gasteiger partial charge in [0.25, 0.3) is 0 Å². The third-order valence-corrected chi connectivity index (χ3v) is 4.10. The van der Waals surface area contributed by atoms with Crippen molar-refractivity contribution in [3.8, 4) is 0 Å². The van der Waals surface area contributed by atoms with Crippen molar-refractivity contribution in [2.24, 2.45) is 10.7 Å². The van der Waals surface area contributed by atoms with Gasteiger partial charge in [0.1, 0.15) is 0 Å². The summed E-state index contributed by atoms with van der Waals surface area (Å²) >= 11 is 0. The van der Waals surface area contributed by atoms with Gasteiger partial charge in [-0.1, -0.05) is 6.42 Å². The summed E-state index contributed by atoms with van der Waals surface area (Å²) in [5.74, 6) is 0.298. The van der Waals surface area contributed by atoms with Gasteiger partial charge >= 0.3 is 0 Å². The van der Waals surface area contributed by atoms with Gasteiger partial charge in [-0.3, -0.25) is 24.5 Å². The third-order valence-electron chi connectivity index (χ3n) is 4.10. The first-order valence-corrected chi connectivity index (χ1v) is 9.42. The van der Waals surface area contributed by atoms with Gasteiger partial charge < -0.3 is 15.8 Å². The number of nitrogens with two attached hydrogens (primary N) is 1. The summed E-state index contributed by atoms with van der Waals surface area (Å²) in [6.45, 7) is 5.29. The standard InChI is InChI=1S/C18H30N6O3/c19-18(22-16-5-8-20-9-6-16)21-7-3-1-2-4-17(25)23-27-15-12-24-10-13-26-14-11-24/h5-6,8-9H,1-4,7,10-15H2,(H,23,25)(H3,19,20,21,22). The zero-order valence-corrected chi connectivity index (χ0v) is 15.7.